The van der Waals surface area contributed by atoms with Crippen LogP contribution in [0.25, 0.3) is 16.7 Å². The number of halogens is 1. The summed E-state index contributed by atoms with van der Waals surface area (Å²) < 4.78 is 19.8. The Morgan fingerprint density at radius 3 is 2.73 bits per heavy atom. The lowest BCUT2D eigenvalue weighted by Gasteiger charge is -2.20. The molecule has 0 aliphatic heterocycles. The molecule has 116 valence electrons. The lowest BCUT2D eigenvalue weighted by atomic mass is 9.86. The van der Waals surface area contributed by atoms with Gasteiger partial charge in [0.1, 0.15) is 11.6 Å². The molecule has 1 aromatic heterocycles. The van der Waals surface area contributed by atoms with Crippen molar-refractivity contribution in [2.75, 3.05) is 6.61 Å². The van der Waals surface area contributed by atoms with Crippen LogP contribution in [0.2, 0.25) is 0 Å². The molecule has 1 aromatic carbocycles. The van der Waals surface area contributed by atoms with Gasteiger partial charge in [0.05, 0.1) is 17.8 Å². The first-order valence-corrected chi connectivity index (χ1v) is 7.98. The van der Waals surface area contributed by atoms with Crippen molar-refractivity contribution < 1.29 is 9.13 Å². The van der Waals surface area contributed by atoms with Gasteiger partial charge in [0, 0.05) is 16.9 Å². The number of ether oxygens (including phenoxy) is 1. The molecule has 0 saturated heterocycles. The van der Waals surface area contributed by atoms with Crippen LogP contribution in [0.5, 0.6) is 0 Å². The molecule has 1 saturated carbocycles. The Balaban J connectivity index is 1.97. The average Bonchev–Trinajstić information content (AvgIpc) is 2.55. The van der Waals surface area contributed by atoms with E-state index in [0.717, 1.165) is 18.5 Å². The van der Waals surface area contributed by atoms with Crippen molar-refractivity contribution in [2.45, 2.75) is 44.9 Å². The fourth-order valence-corrected chi connectivity index (χ4v) is 3.13. The van der Waals surface area contributed by atoms with Gasteiger partial charge in [-0.15, -0.1) is 0 Å². The second-order valence-corrected chi connectivity index (χ2v) is 5.85. The van der Waals surface area contributed by atoms with Crippen molar-refractivity contribution in [1.82, 2.24) is 10.2 Å². The SMILES string of the molecule is C=C(OCC)c1cc(F)c2cc(C3CCCCC3)nnc2c1. The molecule has 0 atom stereocenters. The number of hydrogen-bond donors (Lipinski definition) is 0. The number of benzene rings is 1. The van der Waals surface area contributed by atoms with Gasteiger partial charge < -0.3 is 4.74 Å². The zero-order valence-electron chi connectivity index (χ0n) is 12.9. The Morgan fingerprint density at radius 2 is 2.00 bits per heavy atom. The van der Waals surface area contributed by atoms with Gasteiger partial charge in [-0.2, -0.15) is 10.2 Å². The zero-order valence-corrected chi connectivity index (χ0v) is 12.9. The first-order valence-electron chi connectivity index (χ1n) is 7.98. The summed E-state index contributed by atoms with van der Waals surface area (Å²) in [7, 11) is 0. The van der Waals surface area contributed by atoms with E-state index < -0.39 is 0 Å². The van der Waals surface area contributed by atoms with Crippen molar-refractivity contribution in [1.29, 1.82) is 0 Å². The summed E-state index contributed by atoms with van der Waals surface area (Å²) in [5.41, 5.74) is 2.09. The van der Waals surface area contributed by atoms with E-state index in [9.17, 15) is 4.39 Å². The van der Waals surface area contributed by atoms with Crippen molar-refractivity contribution in [3.63, 3.8) is 0 Å². The molecule has 4 heteroatoms. The molecule has 0 N–H and O–H groups in total. The Morgan fingerprint density at radius 1 is 1.23 bits per heavy atom. The smallest absolute Gasteiger partial charge is 0.133 e. The summed E-state index contributed by atoms with van der Waals surface area (Å²) in [6, 6.07) is 5.11. The molecule has 0 radical (unpaired) electrons. The molecule has 2 aromatic rings. The highest BCUT2D eigenvalue weighted by Gasteiger charge is 2.18. The highest BCUT2D eigenvalue weighted by atomic mass is 19.1. The van der Waals surface area contributed by atoms with Crippen molar-refractivity contribution in [3.05, 3.63) is 41.9 Å². The Hall–Kier alpha value is -1.97. The Bertz CT molecular complexity index is 693. The van der Waals surface area contributed by atoms with Crippen LogP contribution >= 0.6 is 0 Å². The lowest BCUT2D eigenvalue weighted by molar-refractivity contribution is 0.299. The molecule has 0 spiro atoms. The summed E-state index contributed by atoms with van der Waals surface area (Å²) >= 11 is 0. The van der Waals surface area contributed by atoms with Gasteiger partial charge in [0.25, 0.3) is 0 Å². The number of aromatic nitrogens is 2. The molecule has 1 aliphatic rings. The van der Waals surface area contributed by atoms with E-state index in [1.165, 1.54) is 25.3 Å². The molecule has 0 unspecified atom stereocenters. The van der Waals surface area contributed by atoms with Gasteiger partial charge in [0.15, 0.2) is 0 Å². The van der Waals surface area contributed by atoms with E-state index in [2.05, 4.69) is 16.8 Å². The van der Waals surface area contributed by atoms with Crippen LogP contribution in [-0.2, 0) is 4.74 Å². The van der Waals surface area contributed by atoms with Crippen LogP contribution in [0.3, 0.4) is 0 Å². The normalized spacial score (nSPS) is 15.9. The quantitative estimate of drug-likeness (QED) is 0.759. The minimum atomic E-state index is -0.291. The maximum atomic E-state index is 14.4. The molecule has 1 heterocycles. The summed E-state index contributed by atoms with van der Waals surface area (Å²) in [5.74, 6) is 0.588. The molecular formula is C18H21FN2O. The molecule has 22 heavy (non-hydrogen) atoms. The van der Waals surface area contributed by atoms with Gasteiger partial charge in [-0.05, 0) is 38.0 Å². The molecule has 0 amide bonds. The van der Waals surface area contributed by atoms with Crippen molar-refractivity contribution in [2.24, 2.45) is 0 Å². The number of fused-ring (bicyclic) bond motifs is 1. The number of nitrogens with zero attached hydrogens (tertiary/aromatic N) is 2. The van der Waals surface area contributed by atoms with E-state index in [1.807, 2.05) is 13.0 Å². The van der Waals surface area contributed by atoms with Crippen molar-refractivity contribution >= 4 is 16.7 Å². The third-order valence-electron chi connectivity index (χ3n) is 4.34. The summed E-state index contributed by atoms with van der Waals surface area (Å²) in [5, 5.41) is 9.10. The van der Waals surface area contributed by atoms with Gasteiger partial charge in [0.2, 0.25) is 0 Å². The molecular weight excluding hydrogens is 279 g/mol. The second-order valence-electron chi connectivity index (χ2n) is 5.85. The molecule has 3 nitrogen and oxygen atoms in total. The predicted molar refractivity (Wildman–Crippen MR) is 86.0 cm³/mol. The topological polar surface area (TPSA) is 35.0 Å². The maximum absolute atomic E-state index is 14.4. The molecule has 1 fully saturated rings. The van der Waals surface area contributed by atoms with Gasteiger partial charge >= 0.3 is 0 Å². The van der Waals surface area contributed by atoms with Crippen LogP contribution in [0, 0.1) is 5.82 Å². The van der Waals surface area contributed by atoms with E-state index in [0.29, 0.717) is 34.8 Å². The Kier molecular flexibility index (Phi) is 4.36. The standard InChI is InChI=1S/C18H21FN2O/c1-3-22-12(2)14-9-16(19)15-11-17(20-21-18(15)10-14)13-7-5-4-6-8-13/h9-11,13H,2-8H2,1H3. The van der Waals surface area contributed by atoms with E-state index in [1.54, 1.807) is 6.07 Å². The van der Waals surface area contributed by atoms with Crippen LogP contribution in [-0.4, -0.2) is 16.8 Å². The first kappa shape index (κ1) is 14.9. The fourth-order valence-electron chi connectivity index (χ4n) is 3.13. The molecule has 0 bridgehead atoms. The monoisotopic (exact) mass is 300 g/mol. The third kappa shape index (κ3) is 2.96. The Labute approximate surface area is 130 Å². The average molecular weight is 300 g/mol. The summed E-state index contributed by atoms with van der Waals surface area (Å²) in [6.45, 7) is 6.20. The fraction of sp³-hybridized carbons (Fsp3) is 0.444. The lowest BCUT2D eigenvalue weighted by Crippen LogP contribution is -2.07. The van der Waals surface area contributed by atoms with E-state index in [-0.39, 0.29) is 5.82 Å². The number of rotatable bonds is 4. The van der Waals surface area contributed by atoms with Crippen LogP contribution in [0.1, 0.15) is 56.2 Å². The maximum Gasteiger partial charge on any atom is 0.133 e. The molecule has 3 rings (SSSR count). The molecule has 1 aliphatic carbocycles. The highest BCUT2D eigenvalue weighted by Crippen LogP contribution is 2.33. The van der Waals surface area contributed by atoms with Crippen molar-refractivity contribution in [3.8, 4) is 0 Å². The largest absolute Gasteiger partial charge is 0.494 e. The predicted octanol–water partition coefficient (Wildman–Crippen LogP) is 4.82. The minimum absolute atomic E-state index is 0.291. The van der Waals surface area contributed by atoms with Gasteiger partial charge in [-0.25, -0.2) is 4.39 Å². The van der Waals surface area contributed by atoms with Crippen LogP contribution < -0.4 is 0 Å². The van der Waals surface area contributed by atoms with E-state index >= 15 is 0 Å². The number of hydrogen-bond acceptors (Lipinski definition) is 3. The van der Waals surface area contributed by atoms with Crippen LogP contribution in [0.4, 0.5) is 4.39 Å². The summed E-state index contributed by atoms with van der Waals surface area (Å²) in [6.07, 6.45) is 5.98. The van der Waals surface area contributed by atoms with E-state index in [4.69, 9.17) is 4.74 Å². The second kappa shape index (κ2) is 6.42. The van der Waals surface area contributed by atoms with Crippen LogP contribution in [0.15, 0.2) is 24.8 Å². The van der Waals surface area contributed by atoms with Gasteiger partial charge in [-0.1, -0.05) is 25.8 Å². The highest BCUT2D eigenvalue weighted by molar-refractivity contribution is 5.82. The summed E-state index contributed by atoms with van der Waals surface area (Å²) in [4.78, 5) is 0. The zero-order chi connectivity index (χ0) is 15.5. The van der Waals surface area contributed by atoms with Gasteiger partial charge in [-0.3, -0.25) is 0 Å². The minimum Gasteiger partial charge on any atom is -0.494 e. The first-order chi connectivity index (χ1) is 10.7. The third-order valence-corrected chi connectivity index (χ3v) is 4.34.